The van der Waals surface area contributed by atoms with Crippen LogP contribution in [0.1, 0.15) is 18.2 Å². The topological polar surface area (TPSA) is 64.4 Å². The molecule has 0 aliphatic heterocycles. The highest BCUT2D eigenvalue weighted by molar-refractivity contribution is 5.70. The second-order valence-electron chi connectivity index (χ2n) is 4.16. The van der Waals surface area contributed by atoms with E-state index < -0.39 is 5.97 Å². The number of aromatic nitrogens is 2. The number of hydrogen-bond acceptors (Lipinski definition) is 3. The number of carbonyl (C=O) groups is 1. The van der Waals surface area contributed by atoms with Gasteiger partial charge in [0.15, 0.2) is 0 Å². The predicted octanol–water partition coefficient (Wildman–Crippen LogP) is 2.07. The molecule has 0 bridgehead atoms. The van der Waals surface area contributed by atoms with Crippen molar-refractivity contribution in [3.63, 3.8) is 0 Å². The molecule has 5 nitrogen and oxygen atoms in total. The Kier molecular flexibility index (Phi) is 3.85. The average Bonchev–Trinajstić information content (AvgIpc) is 2.85. The fraction of sp³-hybridized carbons (Fsp3) is 0.286. The van der Waals surface area contributed by atoms with Gasteiger partial charge in [0.1, 0.15) is 11.4 Å². The van der Waals surface area contributed by atoms with Gasteiger partial charge in [-0.15, -0.1) is 0 Å². The molecule has 5 heteroatoms. The fourth-order valence-electron chi connectivity index (χ4n) is 1.96. The van der Waals surface area contributed by atoms with E-state index in [4.69, 9.17) is 9.84 Å². The molecule has 0 unspecified atom stereocenters. The highest BCUT2D eigenvalue weighted by Gasteiger charge is 2.13. The van der Waals surface area contributed by atoms with Crippen LogP contribution in [0.25, 0.3) is 5.69 Å². The maximum Gasteiger partial charge on any atom is 0.309 e. The Bertz CT molecular complexity index is 590. The van der Waals surface area contributed by atoms with Crippen LogP contribution in [-0.4, -0.2) is 28.0 Å². The molecule has 0 aliphatic rings. The van der Waals surface area contributed by atoms with Crippen molar-refractivity contribution < 1.29 is 14.6 Å². The van der Waals surface area contributed by atoms with Crippen LogP contribution < -0.4 is 4.74 Å². The van der Waals surface area contributed by atoms with Gasteiger partial charge in [0.05, 0.1) is 19.2 Å². The molecule has 100 valence electrons. The number of hydrogen-bond donors (Lipinski definition) is 1. The molecule has 0 spiro atoms. The molecule has 0 saturated carbocycles. The zero-order chi connectivity index (χ0) is 13.8. The summed E-state index contributed by atoms with van der Waals surface area (Å²) < 4.78 is 6.94. The van der Waals surface area contributed by atoms with E-state index in [1.807, 2.05) is 18.2 Å². The van der Waals surface area contributed by atoms with Crippen molar-refractivity contribution in [2.45, 2.75) is 19.8 Å². The van der Waals surface area contributed by atoms with E-state index in [1.165, 1.54) is 0 Å². The Hall–Kier alpha value is -2.30. The predicted molar refractivity (Wildman–Crippen MR) is 70.8 cm³/mol. The molecule has 1 heterocycles. The molecule has 0 radical (unpaired) electrons. The molecule has 1 N–H and O–H groups in total. The Balaban J connectivity index is 2.51. The Morgan fingerprint density at radius 1 is 1.42 bits per heavy atom. The standard InChI is InChI=1S/C14H16N2O3/c1-3-10-4-5-13(19-2)12(8-10)16-11(6-7-15-16)9-14(17)18/h4-8H,3,9H2,1-2H3,(H,17,18). The maximum atomic E-state index is 10.9. The van der Waals surface area contributed by atoms with Crippen molar-refractivity contribution in [3.8, 4) is 11.4 Å². The molecular formula is C14H16N2O3. The van der Waals surface area contributed by atoms with Gasteiger partial charge in [-0.05, 0) is 30.2 Å². The van der Waals surface area contributed by atoms with Crippen molar-refractivity contribution in [2.24, 2.45) is 0 Å². The van der Waals surface area contributed by atoms with Crippen LogP contribution in [0.4, 0.5) is 0 Å². The van der Waals surface area contributed by atoms with Crippen molar-refractivity contribution in [1.82, 2.24) is 9.78 Å². The first-order valence-corrected chi connectivity index (χ1v) is 6.07. The molecular weight excluding hydrogens is 244 g/mol. The molecule has 0 amide bonds. The first-order valence-electron chi connectivity index (χ1n) is 6.07. The van der Waals surface area contributed by atoms with E-state index in [0.29, 0.717) is 11.4 Å². The van der Waals surface area contributed by atoms with E-state index in [2.05, 4.69) is 12.0 Å². The third-order valence-corrected chi connectivity index (χ3v) is 2.93. The quantitative estimate of drug-likeness (QED) is 0.893. The van der Waals surface area contributed by atoms with Crippen LogP contribution in [0.5, 0.6) is 5.75 Å². The van der Waals surface area contributed by atoms with Gasteiger partial charge in [0.2, 0.25) is 0 Å². The number of aliphatic carboxylic acids is 1. The summed E-state index contributed by atoms with van der Waals surface area (Å²) in [6.45, 7) is 2.06. The number of methoxy groups -OCH3 is 1. The fourth-order valence-corrected chi connectivity index (χ4v) is 1.96. The van der Waals surface area contributed by atoms with Gasteiger partial charge >= 0.3 is 5.97 Å². The van der Waals surface area contributed by atoms with Crippen LogP contribution in [0.15, 0.2) is 30.5 Å². The van der Waals surface area contributed by atoms with E-state index in [1.54, 1.807) is 24.1 Å². The molecule has 2 rings (SSSR count). The number of aryl methyl sites for hydroxylation is 1. The van der Waals surface area contributed by atoms with Gasteiger partial charge in [-0.2, -0.15) is 5.10 Å². The summed E-state index contributed by atoms with van der Waals surface area (Å²) in [5.74, 6) is -0.208. The zero-order valence-electron chi connectivity index (χ0n) is 11.0. The van der Waals surface area contributed by atoms with E-state index in [-0.39, 0.29) is 6.42 Å². The number of carboxylic acids is 1. The molecule has 2 aromatic rings. The largest absolute Gasteiger partial charge is 0.494 e. The van der Waals surface area contributed by atoms with E-state index >= 15 is 0 Å². The molecule has 1 aromatic carbocycles. The van der Waals surface area contributed by atoms with Gasteiger partial charge in [-0.25, -0.2) is 4.68 Å². The normalized spacial score (nSPS) is 10.4. The van der Waals surface area contributed by atoms with Crippen molar-refractivity contribution in [3.05, 3.63) is 41.7 Å². The summed E-state index contributed by atoms with van der Waals surface area (Å²) in [6.07, 6.45) is 2.42. The van der Waals surface area contributed by atoms with Crippen LogP contribution >= 0.6 is 0 Å². The summed E-state index contributed by atoms with van der Waals surface area (Å²) in [7, 11) is 1.59. The first kappa shape index (κ1) is 13.1. The van der Waals surface area contributed by atoms with E-state index in [0.717, 1.165) is 17.7 Å². The summed E-state index contributed by atoms with van der Waals surface area (Å²) >= 11 is 0. The van der Waals surface area contributed by atoms with Crippen LogP contribution in [0.2, 0.25) is 0 Å². The maximum absolute atomic E-state index is 10.9. The van der Waals surface area contributed by atoms with Crippen LogP contribution in [0.3, 0.4) is 0 Å². The Morgan fingerprint density at radius 3 is 2.84 bits per heavy atom. The second-order valence-corrected chi connectivity index (χ2v) is 4.16. The number of ether oxygens (including phenoxy) is 1. The highest BCUT2D eigenvalue weighted by Crippen LogP contribution is 2.25. The van der Waals surface area contributed by atoms with Crippen LogP contribution in [-0.2, 0) is 17.6 Å². The molecule has 0 aliphatic carbocycles. The number of rotatable bonds is 5. The molecule has 0 fully saturated rings. The lowest BCUT2D eigenvalue weighted by Crippen LogP contribution is -2.09. The Morgan fingerprint density at radius 2 is 2.21 bits per heavy atom. The number of nitrogens with zero attached hydrogens (tertiary/aromatic N) is 2. The third kappa shape index (κ3) is 2.76. The van der Waals surface area contributed by atoms with Crippen LogP contribution in [0, 0.1) is 0 Å². The lowest BCUT2D eigenvalue weighted by atomic mass is 10.1. The highest BCUT2D eigenvalue weighted by atomic mass is 16.5. The summed E-state index contributed by atoms with van der Waals surface area (Å²) in [4.78, 5) is 10.9. The van der Waals surface area contributed by atoms with Gasteiger partial charge in [-0.3, -0.25) is 4.79 Å². The van der Waals surface area contributed by atoms with Gasteiger partial charge in [0.25, 0.3) is 0 Å². The van der Waals surface area contributed by atoms with Gasteiger partial charge in [0, 0.05) is 6.20 Å². The molecule has 19 heavy (non-hydrogen) atoms. The lowest BCUT2D eigenvalue weighted by Gasteiger charge is -2.12. The summed E-state index contributed by atoms with van der Waals surface area (Å²) in [5.41, 5.74) is 2.54. The SMILES string of the molecule is CCc1ccc(OC)c(-n2nccc2CC(=O)O)c1. The summed E-state index contributed by atoms with van der Waals surface area (Å²) in [5, 5.41) is 13.1. The average molecular weight is 260 g/mol. The lowest BCUT2D eigenvalue weighted by molar-refractivity contribution is -0.136. The van der Waals surface area contributed by atoms with Gasteiger partial charge in [-0.1, -0.05) is 13.0 Å². The second kappa shape index (κ2) is 5.56. The summed E-state index contributed by atoms with van der Waals surface area (Å²) in [6, 6.07) is 7.53. The Labute approximate surface area is 111 Å². The number of benzene rings is 1. The minimum absolute atomic E-state index is 0.0699. The molecule has 1 aromatic heterocycles. The minimum atomic E-state index is -0.882. The van der Waals surface area contributed by atoms with Gasteiger partial charge < -0.3 is 9.84 Å². The number of carboxylic acid groups (broad SMARTS) is 1. The smallest absolute Gasteiger partial charge is 0.309 e. The van der Waals surface area contributed by atoms with Crippen molar-refractivity contribution in [1.29, 1.82) is 0 Å². The third-order valence-electron chi connectivity index (χ3n) is 2.93. The monoisotopic (exact) mass is 260 g/mol. The molecule has 0 saturated heterocycles. The van der Waals surface area contributed by atoms with E-state index in [9.17, 15) is 4.79 Å². The van der Waals surface area contributed by atoms with Crippen molar-refractivity contribution in [2.75, 3.05) is 7.11 Å². The minimum Gasteiger partial charge on any atom is -0.494 e. The first-order chi connectivity index (χ1) is 9.15. The zero-order valence-corrected chi connectivity index (χ0v) is 11.0. The molecule has 0 atom stereocenters. The van der Waals surface area contributed by atoms with Crippen molar-refractivity contribution >= 4 is 5.97 Å².